The van der Waals surface area contributed by atoms with Gasteiger partial charge in [0.05, 0.1) is 0 Å². The molecule has 1 nitrogen and oxygen atoms in total. The van der Waals surface area contributed by atoms with Gasteiger partial charge in [0.25, 0.3) is 0 Å². The van der Waals surface area contributed by atoms with Gasteiger partial charge in [-0.3, -0.25) is 4.90 Å². The number of hydrogen-bond donors (Lipinski definition) is 0. The van der Waals surface area contributed by atoms with Crippen molar-refractivity contribution in [2.75, 3.05) is 0 Å². The van der Waals surface area contributed by atoms with Gasteiger partial charge in [-0.25, -0.2) is 0 Å². The Kier molecular flexibility index (Phi) is 4.39. The molecule has 1 aromatic rings. The van der Waals surface area contributed by atoms with Crippen molar-refractivity contribution < 1.29 is 0 Å². The van der Waals surface area contributed by atoms with Gasteiger partial charge in [0.1, 0.15) is 0 Å². The van der Waals surface area contributed by atoms with E-state index in [1.165, 1.54) is 11.1 Å². The van der Waals surface area contributed by atoms with Crippen LogP contribution in [0.3, 0.4) is 0 Å². The first kappa shape index (κ1) is 15.0. The van der Waals surface area contributed by atoms with Crippen LogP contribution in [0.5, 0.6) is 0 Å². The zero-order valence-corrected chi connectivity index (χ0v) is 12.7. The lowest BCUT2D eigenvalue weighted by Gasteiger charge is -2.45. The largest absolute Gasteiger partial charge is 0.289 e. The maximum atomic E-state index is 3.79. The Labute approximate surface area is 113 Å². The van der Waals surface area contributed by atoms with Gasteiger partial charge >= 0.3 is 0 Å². The lowest BCUT2D eigenvalue weighted by atomic mass is 9.95. The summed E-state index contributed by atoms with van der Waals surface area (Å²) in [7, 11) is 0. The Bertz CT molecular complexity index is 373. The molecule has 0 amide bonds. The predicted octanol–water partition coefficient (Wildman–Crippen LogP) is 4.73. The number of rotatable bonds is 3. The lowest BCUT2D eigenvalue weighted by Crippen LogP contribution is -2.51. The molecular formula is C17H27N. The van der Waals surface area contributed by atoms with E-state index in [1.54, 1.807) is 0 Å². The Morgan fingerprint density at radius 3 is 1.72 bits per heavy atom. The van der Waals surface area contributed by atoms with Crippen LogP contribution < -0.4 is 0 Å². The molecule has 0 unspecified atom stereocenters. The molecule has 0 saturated heterocycles. The van der Waals surface area contributed by atoms with Crippen molar-refractivity contribution in [1.29, 1.82) is 0 Å². The smallest absolute Gasteiger partial charge is 0.0244 e. The topological polar surface area (TPSA) is 3.24 Å². The van der Waals surface area contributed by atoms with E-state index >= 15 is 0 Å². The summed E-state index contributed by atoms with van der Waals surface area (Å²) in [6.45, 7) is 18.4. The van der Waals surface area contributed by atoms with Crippen molar-refractivity contribution in [3.8, 4) is 0 Å². The monoisotopic (exact) mass is 245 g/mol. The predicted molar refractivity (Wildman–Crippen MR) is 81.6 cm³/mol. The van der Waals surface area contributed by atoms with E-state index in [4.69, 9.17) is 0 Å². The van der Waals surface area contributed by atoms with Crippen molar-refractivity contribution >= 4 is 6.08 Å². The molecule has 0 aromatic heterocycles. The van der Waals surface area contributed by atoms with Gasteiger partial charge < -0.3 is 0 Å². The second-order valence-corrected chi connectivity index (χ2v) is 6.87. The summed E-state index contributed by atoms with van der Waals surface area (Å²) < 4.78 is 0. The third kappa shape index (κ3) is 3.99. The third-order valence-electron chi connectivity index (χ3n) is 3.18. The Hall–Kier alpha value is -1.08. The molecule has 0 radical (unpaired) electrons. The minimum absolute atomic E-state index is 0.162. The fourth-order valence-corrected chi connectivity index (χ4v) is 2.42. The van der Waals surface area contributed by atoms with Gasteiger partial charge in [-0.2, -0.15) is 0 Å². The molecular weight excluding hydrogens is 218 g/mol. The van der Waals surface area contributed by atoms with E-state index in [0.717, 1.165) is 6.54 Å². The van der Waals surface area contributed by atoms with Crippen molar-refractivity contribution in [2.24, 2.45) is 0 Å². The molecule has 0 aliphatic rings. The fraction of sp³-hybridized carbons (Fsp3) is 0.529. The van der Waals surface area contributed by atoms with Gasteiger partial charge in [0, 0.05) is 17.6 Å². The zero-order chi connectivity index (χ0) is 14.0. The molecule has 0 heterocycles. The highest BCUT2D eigenvalue weighted by molar-refractivity contribution is 5.47. The van der Waals surface area contributed by atoms with E-state index < -0.39 is 0 Å². The van der Waals surface area contributed by atoms with Crippen molar-refractivity contribution in [3.63, 3.8) is 0 Å². The van der Waals surface area contributed by atoms with Gasteiger partial charge in [-0.15, -0.1) is 0 Å². The molecule has 0 saturated carbocycles. The maximum absolute atomic E-state index is 3.79. The maximum Gasteiger partial charge on any atom is 0.0244 e. The normalized spacial score (nSPS) is 12.8. The van der Waals surface area contributed by atoms with Crippen LogP contribution >= 0.6 is 0 Å². The van der Waals surface area contributed by atoms with Crippen LogP contribution in [-0.4, -0.2) is 16.0 Å². The van der Waals surface area contributed by atoms with Crippen molar-refractivity contribution in [2.45, 2.75) is 59.2 Å². The average molecular weight is 245 g/mol. The van der Waals surface area contributed by atoms with E-state index in [2.05, 4.69) is 77.3 Å². The van der Waals surface area contributed by atoms with Gasteiger partial charge in [-0.1, -0.05) is 36.9 Å². The summed E-state index contributed by atoms with van der Waals surface area (Å²) in [4.78, 5) is 2.53. The van der Waals surface area contributed by atoms with Gasteiger partial charge in [0.15, 0.2) is 0 Å². The van der Waals surface area contributed by atoms with Crippen molar-refractivity contribution in [3.05, 3.63) is 42.0 Å². The molecule has 0 N–H and O–H groups in total. The van der Waals surface area contributed by atoms with Crippen LogP contribution in [0.4, 0.5) is 0 Å². The second kappa shape index (κ2) is 5.27. The number of hydrogen-bond acceptors (Lipinski definition) is 1. The van der Waals surface area contributed by atoms with E-state index in [-0.39, 0.29) is 11.1 Å². The molecule has 0 spiro atoms. The molecule has 18 heavy (non-hydrogen) atoms. The van der Waals surface area contributed by atoms with Gasteiger partial charge in [0.2, 0.25) is 0 Å². The first-order valence-electron chi connectivity index (χ1n) is 6.64. The Balaban J connectivity index is 2.93. The average Bonchev–Trinajstić information content (AvgIpc) is 2.23. The van der Waals surface area contributed by atoms with E-state index in [0.29, 0.717) is 0 Å². The fourth-order valence-electron chi connectivity index (χ4n) is 2.42. The minimum atomic E-state index is 0.162. The summed E-state index contributed by atoms with van der Waals surface area (Å²) in [6.07, 6.45) is 1.88. The first-order valence-corrected chi connectivity index (χ1v) is 6.64. The van der Waals surface area contributed by atoms with Gasteiger partial charge in [-0.05, 0) is 52.7 Å². The molecule has 0 fully saturated rings. The second-order valence-electron chi connectivity index (χ2n) is 6.87. The SMILES string of the molecule is C=Cc1ccc(CN(C(C)(C)C)C(C)(C)C)cc1. The molecule has 1 rings (SSSR count). The molecule has 0 aliphatic heterocycles. The summed E-state index contributed by atoms with van der Waals surface area (Å²) in [5.41, 5.74) is 2.85. The first-order chi connectivity index (χ1) is 8.14. The standard InChI is InChI=1S/C17H27N/c1-8-14-9-11-15(12-10-14)13-18(16(2,3)4)17(5,6)7/h8-12H,1,13H2,2-7H3. The number of nitrogens with zero attached hydrogens (tertiary/aromatic N) is 1. The summed E-state index contributed by atoms with van der Waals surface area (Å²) in [6, 6.07) is 8.65. The zero-order valence-electron chi connectivity index (χ0n) is 12.7. The number of benzene rings is 1. The van der Waals surface area contributed by atoms with E-state index in [1.807, 2.05) is 6.08 Å². The Morgan fingerprint density at radius 2 is 1.39 bits per heavy atom. The minimum Gasteiger partial charge on any atom is -0.289 e. The molecule has 1 heteroatoms. The van der Waals surface area contributed by atoms with E-state index in [9.17, 15) is 0 Å². The summed E-state index contributed by atoms with van der Waals surface area (Å²) in [5.74, 6) is 0. The van der Waals surface area contributed by atoms with Crippen LogP contribution in [0.15, 0.2) is 30.8 Å². The lowest BCUT2D eigenvalue weighted by molar-refractivity contribution is 0.0298. The summed E-state index contributed by atoms with van der Waals surface area (Å²) in [5, 5.41) is 0. The molecule has 1 aromatic carbocycles. The third-order valence-corrected chi connectivity index (χ3v) is 3.18. The van der Waals surface area contributed by atoms with Crippen molar-refractivity contribution in [1.82, 2.24) is 4.90 Å². The highest BCUT2D eigenvalue weighted by Crippen LogP contribution is 2.27. The Morgan fingerprint density at radius 1 is 0.944 bits per heavy atom. The molecule has 0 atom stereocenters. The molecule has 0 aliphatic carbocycles. The highest BCUT2D eigenvalue weighted by Gasteiger charge is 2.31. The highest BCUT2D eigenvalue weighted by atomic mass is 15.2. The van der Waals surface area contributed by atoms with Crippen LogP contribution in [-0.2, 0) is 6.54 Å². The van der Waals surface area contributed by atoms with Crippen LogP contribution in [0.1, 0.15) is 52.7 Å². The van der Waals surface area contributed by atoms with Crippen LogP contribution in [0.2, 0.25) is 0 Å². The molecule has 0 bridgehead atoms. The quantitative estimate of drug-likeness (QED) is 0.744. The van der Waals surface area contributed by atoms with Crippen LogP contribution in [0.25, 0.3) is 6.08 Å². The molecule has 100 valence electrons. The van der Waals surface area contributed by atoms with Crippen LogP contribution in [0, 0.1) is 0 Å². The summed E-state index contributed by atoms with van der Waals surface area (Å²) >= 11 is 0.